The highest BCUT2D eigenvalue weighted by Gasteiger charge is 2.21. The fraction of sp³-hybridized carbons (Fsp3) is 0.500. The Morgan fingerprint density at radius 2 is 1.91 bits per heavy atom. The molecule has 8 nitrogen and oxygen atoms in total. The summed E-state index contributed by atoms with van der Waals surface area (Å²) in [6.07, 6.45) is 11.8. The lowest BCUT2D eigenvalue weighted by Crippen LogP contribution is -2.41. The summed E-state index contributed by atoms with van der Waals surface area (Å²) < 4.78 is 7.92. The summed E-state index contributed by atoms with van der Waals surface area (Å²) in [7, 11) is 0. The van der Waals surface area contributed by atoms with Crippen molar-refractivity contribution in [2.75, 3.05) is 51.3 Å². The number of fused-ring (bicyclic) bond motifs is 1. The molecule has 3 aromatic heterocycles. The average molecular weight is 463 g/mol. The highest BCUT2D eigenvalue weighted by molar-refractivity contribution is 5.96. The average Bonchev–Trinajstić information content (AvgIpc) is 3.25. The number of carbonyl (C=O) groups excluding carboxylic acids is 1. The van der Waals surface area contributed by atoms with Gasteiger partial charge in [0.05, 0.1) is 11.7 Å². The van der Waals surface area contributed by atoms with Crippen molar-refractivity contribution in [1.29, 1.82) is 0 Å². The van der Waals surface area contributed by atoms with Crippen molar-refractivity contribution in [3.8, 4) is 11.1 Å². The van der Waals surface area contributed by atoms with Gasteiger partial charge in [0.15, 0.2) is 0 Å². The van der Waals surface area contributed by atoms with Crippen LogP contribution in [0.5, 0.6) is 0 Å². The number of urea groups is 1. The van der Waals surface area contributed by atoms with Crippen molar-refractivity contribution in [3.63, 3.8) is 0 Å². The predicted molar refractivity (Wildman–Crippen MR) is 134 cm³/mol. The Balaban J connectivity index is 1.36. The van der Waals surface area contributed by atoms with Gasteiger partial charge in [-0.15, -0.1) is 0 Å². The van der Waals surface area contributed by atoms with E-state index in [4.69, 9.17) is 4.74 Å². The summed E-state index contributed by atoms with van der Waals surface area (Å²) in [6, 6.07) is 6.40. The van der Waals surface area contributed by atoms with Gasteiger partial charge in [0, 0.05) is 61.9 Å². The number of anilines is 1. The molecule has 34 heavy (non-hydrogen) atoms. The summed E-state index contributed by atoms with van der Waals surface area (Å²) in [5.74, 6) is 0.584. The first-order valence-corrected chi connectivity index (χ1v) is 12.5. The number of hydrogen-bond acceptors (Lipinski definition) is 5. The molecule has 2 fully saturated rings. The van der Waals surface area contributed by atoms with Gasteiger partial charge >= 0.3 is 6.03 Å². The molecule has 2 saturated heterocycles. The smallest absolute Gasteiger partial charge is 0.323 e. The first-order chi connectivity index (χ1) is 16.7. The third kappa shape index (κ3) is 4.93. The van der Waals surface area contributed by atoms with Crippen molar-refractivity contribution in [2.45, 2.75) is 38.6 Å². The van der Waals surface area contributed by atoms with Crippen LogP contribution < -0.4 is 5.32 Å². The molecular weight excluding hydrogens is 428 g/mol. The van der Waals surface area contributed by atoms with Gasteiger partial charge in [0.1, 0.15) is 5.82 Å². The van der Waals surface area contributed by atoms with E-state index < -0.39 is 0 Å². The number of ether oxygens (including phenoxy) is 1. The van der Waals surface area contributed by atoms with E-state index in [2.05, 4.69) is 43.9 Å². The molecule has 8 heteroatoms. The van der Waals surface area contributed by atoms with Crippen LogP contribution in [0, 0.1) is 0 Å². The Bertz CT molecular complexity index is 1110. The number of aromatic nitrogens is 3. The maximum absolute atomic E-state index is 13.0. The molecule has 0 atom stereocenters. The Morgan fingerprint density at radius 3 is 2.68 bits per heavy atom. The van der Waals surface area contributed by atoms with Crippen LogP contribution in [0.1, 0.15) is 38.6 Å². The van der Waals surface area contributed by atoms with E-state index in [1.54, 1.807) is 6.20 Å². The molecule has 2 aliphatic rings. The summed E-state index contributed by atoms with van der Waals surface area (Å²) in [6.45, 7) is 8.48. The minimum atomic E-state index is -0.0663. The molecule has 2 aliphatic heterocycles. The molecule has 0 aromatic carbocycles. The SMILES string of the molecule is CCN1CCCN(C(=O)Nc2cc(-c3cn(C4CCOCC4)c4cnccc34)ccn2)CCC1. The standard InChI is InChI=1S/C26H34N6O2/c1-2-30-11-3-13-31(14-4-12-30)26(33)29-25-17-20(5-10-28-25)23-19-32(21-7-15-34-16-8-21)24-18-27-9-6-22(23)24/h5-6,9-10,17-19,21H,2-4,7-8,11-16H2,1H3,(H,28,29,33). The molecule has 5 rings (SSSR count). The minimum absolute atomic E-state index is 0.0663. The van der Waals surface area contributed by atoms with Gasteiger partial charge in [-0.1, -0.05) is 6.92 Å². The molecule has 0 bridgehead atoms. The summed E-state index contributed by atoms with van der Waals surface area (Å²) >= 11 is 0. The van der Waals surface area contributed by atoms with Gasteiger partial charge in [-0.05, 0) is 69.1 Å². The second-order valence-electron chi connectivity index (χ2n) is 9.17. The molecule has 0 saturated carbocycles. The maximum atomic E-state index is 13.0. The summed E-state index contributed by atoms with van der Waals surface area (Å²) in [5, 5.41) is 4.20. The van der Waals surface area contributed by atoms with Crippen LogP contribution in [0.4, 0.5) is 10.6 Å². The fourth-order valence-electron chi connectivity index (χ4n) is 5.16. The van der Waals surface area contributed by atoms with Gasteiger partial charge in [-0.25, -0.2) is 9.78 Å². The fourth-order valence-corrected chi connectivity index (χ4v) is 5.16. The summed E-state index contributed by atoms with van der Waals surface area (Å²) in [4.78, 5) is 26.2. The normalized spacial score (nSPS) is 18.6. The second-order valence-corrected chi connectivity index (χ2v) is 9.17. The Labute approximate surface area is 200 Å². The van der Waals surface area contributed by atoms with E-state index in [9.17, 15) is 4.79 Å². The molecule has 2 amide bonds. The first kappa shape index (κ1) is 22.8. The molecule has 0 aliphatic carbocycles. The molecule has 180 valence electrons. The lowest BCUT2D eigenvalue weighted by molar-refractivity contribution is 0.0707. The molecule has 0 spiro atoms. The highest BCUT2D eigenvalue weighted by atomic mass is 16.5. The third-order valence-corrected chi connectivity index (χ3v) is 7.07. The minimum Gasteiger partial charge on any atom is -0.381 e. The Morgan fingerprint density at radius 1 is 1.12 bits per heavy atom. The zero-order chi connectivity index (χ0) is 23.3. The van der Waals surface area contributed by atoms with Crippen molar-refractivity contribution in [1.82, 2.24) is 24.3 Å². The van der Waals surface area contributed by atoms with Gasteiger partial charge in [-0.2, -0.15) is 0 Å². The van der Waals surface area contributed by atoms with Crippen LogP contribution in [0.15, 0.2) is 43.0 Å². The zero-order valence-corrected chi connectivity index (χ0v) is 19.9. The molecular formula is C26H34N6O2. The molecule has 3 aromatic rings. The number of rotatable bonds is 4. The van der Waals surface area contributed by atoms with Crippen LogP contribution in [0.2, 0.25) is 0 Å². The number of hydrogen-bond donors (Lipinski definition) is 1. The monoisotopic (exact) mass is 462 g/mol. The Hall–Kier alpha value is -2.97. The van der Waals surface area contributed by atoms with Gasteiger partial charge in [0.25, 0.3) is 0 Å². The van der Waals surface area contributed by atoms with Gasteiger partial charge < -0.3 is 19.1 Å². The lowest BCUT2D eigenvalue weighted by atomic mass is 10.1. The van der Waals surface area contributed by atoms with E-state index in [0.29, 0.717) is 11.9 Å². The maximum Gasteiger partial charge on any atom is 0.323 e. The molecule has 0 radical (unpaired) electrons. The zero-order valence-electron chi connectivity index (χ0n) is 19.9. The number of amides is 2. The molecule has 5 heterocycles. The topological polar surface area (TPSA) is 75.5 Å². The molecule has 0 unspecified atom stereocenters. The summed E-state index contributed by atoms with van der Waals surface area (Å²) in [5.41, 5.74) is 3.31. The number of nitrogens with one attached hydrogen (secondary N) is 1. The first-order valence-electron chi connectivity index (χ1n) is 12.5. The molecule has 1 N–H and O–H groups in total. The van der Waals surface area contributed by atoms with Crippen molar-refractivity contribution >= 4 is 22.8 Å². The van der Waals surface area contributed by atoms with Gasteiger partial charge in [0.2, 0.25) is 0 Å². The van der Waals surface area contributed by atoms with Crippen LogP contribution in [0.25, 0.3) is 22.0 Å². The van der Waals surface area contributed by atoms with Crippen molar-refractivity contribution < 1.29 is 9.53 Å². The van der Waals surface area contributed by atoms with E-state index in [1.165, 1.54) is 0 Å². The van der Waals surface area contributed by atoms with Crippen molar-refractivity contribution in [2.24, 2.45) is 0 Å². The van der Waals surface area contributed by atoms with Crippen LogP contribution in [-0.4, -0.2) is 76.3 Å². The third-order valence-electron chi connectivity index (χ3n) is 7.07. The number of carbonyl (C=O) groups is 1. The van der Waals surface area contributed by atoms with Crippen LogP contribution >= 0.6 is 0 Å². The van der Waals surface area contributed by atoms with E-state index in [0.717, 1.165) is 93.7 Å². The van der Waals surface area contributed by atoms with E-state index >= 15 is 0 Å². The second kappa shape index (κ2) is 10.5. The van der Waals surface area contributed by atoms with Crippen molar-refractivity contribution in [3.05, 3.63) is 43.0 Å². The largest absolute Gasteiger partial charge is 0.381 e. The quantitative estimate of drug-likeness (QED) is 0.622. The van der Waals surface area contributed by atoms with Gasteiger partial charge in [-0.3, -0.25) is 10.3 Å². The van der Waals surface area contributed by atoms with Crippen LogP contribution in [-0.2, 0) is 4.74 Å². The number of pyridine rings is 2. The van der Waals surface area contributed by atoms with Crippen LogP contribution in [0.3, 0.4) is 0 Å². The predicted octanol–water partition coefficient (Wildman–Crippen LogP) is 4.40. The van der Waals surface area contributed by atoms with E-state index in [-0.39, 0.29) is 6.03 Å². The van der Waals surface area contributed by atoms with E-state index in [1.807, 2.05) is 29.4 Å². The lowest BCUT2D eigenvalue weighted by Gasteiger charge is -2.29. The Kier molecular flexibility index (Phi) is 7.06. The number of nitrogens with zero attached hydrogens (tertiary/aromatic N) is 5. The highest BCUT2D eigenvalue weighted by Crippen LogP contribution is 2.35.